The SMILES string of the molecule is Cl.NC(=O)COc1cccc(NC(=O)C2CCC(N)C2)c1. The number of benzene rings is 1. The minimum Gasteiger partial charge on any atom is -0.484 e. The smallest absolute Gasteiger partial charge is 0.255 e. The van der Waals surface area contributed by atoms with Gasteiger partial charge in [-0.15, -0.1) is 12.4 Å². The number of hydrogen-bond donors (Lipinski definition) is 3. The lowest BCUT2D eigenvalue weighted by Gasteiger charge is -2.12. The molecule has 1 fully saturated rings. The van der Waals surface area contributed by atoms with Gasteiger partial charge in [-0.1, -0.05) is 6.07 Å². The molecule has 1 saturated carbocycles. The number of nitrogens with two attached hydrogens (primary N) is 2. The van der Waals surface area contributed by atoms with Gasteiger partial charge in [-0.05, 0) is 31.4 Å². The second-order valence-electron chi connectivity index (χ2n) is 5.04. The van der Waals surface area contributed by atoms with E-state index in [4.69, 9.17) is 16.2 Å². The first kappa shape index (κ1) is 17.3. The van der Waals surface area contributed by atoms with Gasteiger partial charge in [0.15, 0.2) is 6.61 Å². The molecule has 5 N–H and O–H groups in total. The van der Waals surface area contributed by atoms with Gasteiger partial charge in [-0.3, -0.25) is 9.59 Å². The lowest BCUT2D eigenvalue weighted by molar-refractivity contribution is -0.120. The molecule has 1 aliphatic carbocycles. The third kappa shape index (κ3) is 5.24. The topological polar surface area (TPSA) is 107 Å². The van der Waals surface area contributed by atoms with Crippen molar-refractivity contribution in [3.05, 3.63) is 24.3 Å². The molecular weight excluding hydrogens is 294 g/mol. The Morgan fingerprint density at radius 3 is 2.71 bits per heavy atom. The van der Waals surface area contributed by atoms with E-state index in [2.05, 4.69) is 5.32 Å². The third-order valence-electron chi connectivity index (χ3n) is 3.33. The third-order valence-corrected chi connectivity index (χ3v) is 3.33. The van der Waals surface area contributed by atoms with Gasteiger partial charge in [0.2, 0.25) is 5.91 Å². The Morgan fingerprint density at radius 2 is 2.10 bits per heavy atom. The van der Waals surface area contributed by atoms with Gasteiger partial charge in [-0.2, -0.15) is 0 Å². The Morgan fingerprint density at radius 1 is 1.33 bits per heavy atom. The van der Waals surface area contributed by atoms with Crippen LogP contribution in [0.4, 0.5) is 5.69 Å². The maximum Gasteiger partial charge on any atom is 0.255 e. The predicted octanol–water partition coefficient (Wildman–Crippen LogP) is 1.04. The van der Waals surface area contributed by atoms with Gasteiger partial charge >= 0.3 is 0 Å². The van der Waals surface area contributed by atoms with Crippen LogP contribution in [0, 0.1) is 5.92 Å². The van der Waals surface area contributed by atoms with E-state index in [9.17, 15) is 9.59 Å². The molecule has 0 aromatic heterocycles. The zero-order valence-corrected chi connectivity index (χ0v) is 12.4. The molecule has 116 valence electrons. The highest BCUT2D eigenvalue weighted by molar-refractivity contribution is 5.93. The number of carbonyl (C=O) groups excluding carboxylic acids is 2. The summed E-state index contributed by atoms with van der Waals surface area (Å²) in [5.41, 5.74) is 11.5. The monoisotopic (exact) mass is 313 g/mol. The molecule has 0 spiro atoms. The Balaban J connectivity index is 0.00000220. The molecule has 2 amide bonds. The van der Waals surface area contributed by atoms with E-state index in [0.29, 0.717) is 11.4 Å². The van der Waals surface area contributed by atoms with Crippen molar-refractivity contribution >= 4 is 29.9 Å². The number of rotatable bonds is 5. The molecule has 1 aliphatic rings. The normalized spacial score (nSPS) is 20.4. The summed E-state index contributed by atoms with van der Waals surface area (Å²) in [5.74, 6) is -0.102. The fourth-order valence-corrected chi connectivity index (χ4v) is 2.32. The highest BCUT2D eigenvalue weighted by atomic mass is 35.5. The van der Waals surface area contributed by atoms with Crippen LogP contribution in [0.5, 0.6) is 5.75 Å². The van der Waals surface area contributed by atoms with Gasteiger partial charge in [0.1, 0.15) is 5.75 Å². The summed E-state index contributed by atoms with van der Waals surface area (Å²) in [6.45, 7) is -0.186. The van der Waals surface area contributed by atoms with Crippen LogP contribution < -0.4 is 21.5 Å². The zero-order chi connectivity index (χ0) is 14.5. The van der Waals surface area contributed by atoms with Crippen molar-refractivity contribution in [3.63, 3.8) is 0 Å². The molecule has 0 heterocycles. The lowest BCUT2D eigenvalue weighted by atomic mass is 10.1. The van der Waals surface area contributed by atoms with Crippen LogP contribution in [0.25, 0.3) is 0 Å². The lowest BCUT2D eigenvalue weighted by Crippen LogP contribution is -2.23. The highest BCUT2D eigenvalue weighted by Crippen LogP contribution is 2.26. The van der Waals surface area contributed by atoms with Crippen molar-refractivity contribution in [3.8, 4) is 5.75 Å². The van der Waals surface area contributed by atoms with Crippen LogP contribution >= 0.6 is 12.4 Å². The molecular formula is C14H20ClN3O3. The van der Waals surface area contributed by atoms with Gasteiger partial charge in [-0.25, -0.2) is 0 Å². The molecule has 0 radical (unpaired) electrons. The van der Waals surface area contributed by atoms with Crippen LogP contribution in [0.15, 0.2) is 24.3 Å². The number of ether oxygens (including phenoxy) is 1. The van der Waals surface area contributed by atoms with E-state index in [1.807, 2.05) is 0 Å². The van der Waals surface area contributed by atoms with E-state index in [1.54, 1.807) is 24.3 Å². The molecule has 2 atom stereocenters. The highest BCUT2D eigenvalue weighted by Gasteiger charge is 2.27. The Bertz CT molecular complexity index is 510. The molecule has 0 bridgehead atoms. The molecule has 0 aliphatic heterocycles. The zero-order valence-electron chi connectivity index (χ0n) is 11.6. The summed E-state index contributed by atoms with van der Waals surface area (Å²) in [4.78, 5) is 22.7. The van der Waals surface area contributed by atoms with Crippen LogP contribution in [-0.4, -0.2) is 24.5 Å². The quantitative estimate of drug-likeness (QED) is 0.754. The van der Waals surface area contributed by atoms with E-state index in [0.717, 1.165) is 19.3 Å². The van der Waals surface area contributed by atoms with Crippen LogP contribution in [0.2, 0.25) is 0 Å². The number of carbonyl (C=O) groups is 2. The Hall–Kier alpha value is -1.79. The first-order valence-corrected chi connectivity index (χ1v) is 6.62. The van der Waals surface area contributed by atoms with E-state index in [1.165, 1.54) is 0 Å². The summed E-state index contributed by atoms with van der Waals surface area (Å²) in [5, 5.41) is 2.84. The van der Waals surface area contributed by atoms with Gasteiger partial charge in [0.25, 0.3) is 5.91 Å². The van der Waals surface area contributed by atoms with Gasteiger partial charge < -0.3 is 21.5 Å². The number of anilines is 1. The number of amides is 2. The molecule has 2 rings (SSSR count). The fourth-order valence-electron chi connectivity index (χ4n) is 2.32. The first-order valence-electron chi connectivity index (χ1n) is 6.62. The minimum absolute atomic E-state index is 0. The first-order chi connectivity index (χ1) is 9.54. The number of nitrogens with one attached hydrogen (secondary N) is 1. The minimum atomic E-state index is -0.542. The second-order valence-corrected chi connectivity index (χ2v) is 5.04. The maximum atomic E-state index is 12.1. The molecule has 7 heteroatoms. The van der Waals surface area contributed by atoms with Crippen LogP contribution in [-0.2, 0) is 9.59 Å². The van der Waals surface area contributed by atoms with Crippen molar-refractivity contribution in [1.29, 1.82) is 0 Å². The van der Waals surface area contributed by atoms with E-state index in [-0.39, 0.29) is 36.9 Å². The van der Waals surface area contributed by atoms with Crippen molar-refractivity contribution in [1.82, 2.24) is 0 Å². The summed E-state index contributed by atoms with van der Waals surface area (Å²) >= 11 is 0. The number of hydrogen-bond acceptors (Lipinski definition) is 4. The number of halogens is 1. The summed E-state index contributed by atoms with van der Waals surface area (Å²) in [7, 11) is 0. The van der Waals surface area contributed by atoms with Crippen molar-refractivity contribution in [2.24, 2.45) is 17.4 Å². The molecule has 0 saturated heterocycles. The Labute approximate surface area is 129 Å². The molecule has 1 aromatic rings. The summed E-state index contributed by atoms with van der Waals surface area (Å²) in [6.07, 6.45) is 2.44. The summed E-state index contributed by atoms with van der Waals surface area (Å²) < 4.78 is 5.19. The van der Waals surface area contributed by atoms with E-state index >= 15 is 0 Å². The second kappa shape index (κ2) is 7.85. The van der Waals surface area contributed by atoms with Gasteiger partial charge in [0, 0.05) is 23.7 Å². The number of primary amides is 1. The molecule has 6 nitrogen and oxygen atoms in total. The average Bonchev–Trinajstić information content (AvgIpc) is 2.84. The van der Waals surface area contributed by atoms with E-state index < -0.39 is 5.91 Å². The Kier molecular flexibility index (Phi) is 6.45. The van der Waals surface area contributed by atoms with Crippen LogP contribution in [0.3, 0.4) is 0 Å². The van der Waals surface area contributed by atoms with Crippen molar-refractivity contribution < 1.29 is 14.3 Å². The molecule has 2 unspecified atom stereocenters. The summed E-state index contributed by atoms with van der Waals surface area (Å²) in [6, 6.07) is 6.99. The van der Waals surface area contributed by atoms with Crippen molar-refractivity contribution in [2.45, 2.75) is 25.3 Å². The van der Waals surface area contributed by atoms with Crippen LogP contribution in [0.1, 0.15) is 19.3 Å². The van der Waals surface area contributed by atoms with Crippen molar-refractivity contribution in [2.75, 3.05) is 11.9 Å². The van der Waals surface area contributed by atoms with Gasteiger partial charge in [0.05, 0.1) is 0 Å². The fraction of sp³-hybridized carbons (Fsp3) is 0.429. The molecule has 21 heavy (non-hydrogen) atoms. The maximum absolute atomic E-state index is 12.1. The predicted molar refractivity (Wildman–Crippen MR) is 82.3 cm³/mol. The average molecular weight is 314 g/mol. The molecule has 1 aromatic carbocycles. The largest absolute Gasteiger partial charge is 0.484 e. The standard InChI is InChI=1S/C14H19N3O3.ClH/c15-10-5-4-9(6-10)14(19)17-11-2-1-3-12(7-11)20-8-13(16)18;/h1-3,7,9-10H,4-6,8,15H2,(H2,16,18)(H,17,19);1H.